The van der Waals surface area contributed by atoms with Crippen molar-refractivity contribution < 1.29 is 29.0 Å². The molecule has 2 aliphatic carbocycles. The van der Waals surface area contributed by atoms with Gasteiger partial charge in [-0.1, -0.05) is 48.5 Å². The van der Waals surface area contributed by atoms with Gasteiger partial charge in [-0.25, -0.2) is 4.79 Å². The highest BCUT2D eigenvalue weighted by atomic mass is 16.5. The number of carboxylic acids is 1. The molecule has 0 saturated heterocycles. The van der Waals surface area contributed by atoms with Crippen LogP contribution in [0.1, 0.15) is 43.2 Å². The van der Waals surface area contributed by atoms with Crippen LogP contribution in [0.25, 0.3) is 11.1 Å². The molecule has 2 aromatic rings. The topological polar surface area (TPSA) is 105 Å². The number of amides is 2. The first-order valence-corrected chi connectivity index (χ1v) is 12.1. The number of carboxylic acid groups (broad SMARTS) is 1. The van der Waals surface area contributed by atoms with Crippen LogP contribution in [0.2, 0.25) is 0 Å². The van der Waals surface area contributed by atoms with Gasteiger partial charge >= 0.3 is 12.1 Å². The number of carbonyl (C=O) groups is 3. The molecular formula is C27H32N2O6. The minimum atomic E-state index is -1.20. The Labute approximate surface area is 205 Å². The van der Waals surface area contributed by atoms with Crippen LogP contribution < -0.4 is 5.32 Å². The van der Waals surface area contributed by atoms with Crippen LogP contribution in [0.15, 0.2) is 48.5 Å². The molecule has 35 heavy (non-hydrogen) atoms. The lowest BCUT2D eigenvalue weighted by molar-refractivity contribution is -0.142. The molecule has 0 aliphatic heterocycles. The molecule has 0 spiro atoms. The summed E-state index contributed by atoms with van der Waals surface area (Å²) in [6.45, 7) is 3.20. The van der Waals surface area contributed by atoms with Crippen LogP contribution >= 0.6 is 0 Å². The molecule has 8 nitrogen and oxygen atoms in total. The number of fused-ring (bicyclic) bond motifs is 3. The van der Waals surface area contributed by atoms with Crippen molar-refractivity contribution in [3.05, 3.63) is 59.7 Å². The fourth-order valence-electron chi connectivity index (χ4n) is 5.10. The maximum absolute atomic E-state index is 12.9. The van der Waals surface area contributed by atoms with E-state index in [9.17, 15) is 19.5 Å². The molecule has 4 rings (SSSR count). The van der Waals surface area contributed by atoms with Crippen molar-refractivity contribution in [2.24, 2.45) is 5.92 Å². The molecule has 1 saturated carbocycles. The summed E-state index contributed by atoms with van der Waals surface area (Å²) in [4.78, 5) is 38.5. The zero-order valence-electron chi connectivity index (χ0n) is 20.1. The number of benzene rings is 2. The summed E-state index contributed by atoms with van der Waals surface area (Å²) in [7, 11) is 1.63. The lowest BCUT2D eigenvalue weighted by Gasteiger charge is -2.37. The minimum absolute atomic E-state index is 0.0879. The summed E-state index contributed by atoms with van der Waals surface area (Å²) in [5.74, 6) is -1.43. The Kier molecular flexibility index (Phi) is 7.70. The van der Waals surface area contributed by atoms with E-state index in [1.165, 1.54) is 4.90 Å². The number of hydrogen-bond donors (Lipinski definition) is 2. The third-order valence-corrected chi connectivity index (χ3v) is 6.82. The SMILES string of the molecule is CCOC1CC(CN(C)C(=O)C(CC(=O)O)NC(=O)OCC2c3ccccc3-c3ccccc32)C1. The second-order valence-corrected chi connectivity index (χ2v) is 9.25. The Morgan fingerprint density at radius 1 is 1.06 bits per heavy atom. The first-order valence-electron chi connectivity index (χ1n) is 12.1. The van der Waals surface area contributed by atoms with E-state index in [1.807, 2.05) is 55.5 Å². The monoisotopic (exact) mass is 480 g/mol. The van der Waals surface area contributed by atoms with E-state index in [4.69, 9.17) is 9.47 Å². The van der Waals surface area contributed by atoms with Crippen LogP contribution in [-0.4, -0.2) is 66.9 Å². The summed E-state index contributed by atoms with van der Waals surface area (Å²) in [5.41, 5.74) is 4.37. The van der Waals surface area contributed by atoms with E-state index in [-0.39, 0.29) is 18.6 Å². The lowest BCUT2D eigenvalue weighted by atomic mass is 9.82. The Bertz CT molecular complexity index is 1040. The summed E-state index contributed by atoms with van der Waals surface area (Å²) in [6.07, 6.45) is 0.644. The van der Waals surface area contributed by atoms with Gasteiger partial charge in [-0.3, -0.25) is 9.59 Å². The van der Waals surface area contributed by atoms with E-state index in [0.29, 0.717) is 19.1 Å². The van der Waals surface area contributed by atoms with E-state index in [1.54, 1.807) is 7.05 Å². The van der Waals surface area contributed by atoms with Crippen LogP contribution in [0.5, 0.6) is 0 Å². The van der Waals surface area contributed by atoms with Gasteiger partial charge in [0.15, 0.2) is 0 Å². The van der Waals surface area contributed by atoms with Crippen molar-refractivity contribution in [3.8, 4) is 11.1 Å². The predicted octanol–water partition coefficient (Wildman–Crippen LogP) is 3.64. The number of aliphatic carboxylic acids is 1. The summed E-state index contributed by atoms with van der Waals surface area (Å²) in [5, 5.41) is 11.8. The molecule has 1 atom stereocenters. The molecule has 0 radical (unpaired) electrons. The van der Waals surface area contributed by atoms with Crippen molar-refractivity contribution in [2.45, 2.75) is 44.2 Å². The molecular weight excluding hydrogens is 448 g/mol. The Hall–Kier alpha value is -3.39. The number of likely N-dealkylation sites (N-methyl/N-ethyl adjacent to an activating group) is 1. The van der Waals surface area contributed by atoms with Gasteiger partial charge in [-0.05, 0) is 47.9 Å². The lowest BCUT2D eigenvalue weighted by Crippen LogP contribution is -2.50. The van der Waals surface area contributed by atoms with Gasteiger partial charge in [-0.2, -0.15) is 0 Å². The fourth-order valence-corrected chi connectivity index (χ4v) is 5.10. The molecule has 186 valence electrons. The van der Waals surface area contributed by atoms with Crippen molar-refractivity contribution in [2.75, 3.05) is 26.8 Å². The number of nitrogens with zero attached hydrogens (tertiary/aromatic N) is 1. The quantitative estimate of drug-likeness (QED) is 0.538. The molecule has 2 N–H and O–H groups in total. The van der Waals surface area contributed by atoms with Gasteiger partial charge in [0.1, 0.15) is 12.6 Å². The zero-order chi connectivity index (χ0) is 24.9. The number of alkyl carbamates (subject to hydrolysis) is 1. The standard InChI is InChI=1S/C27H32N2O6/c1-3-34-18-12-17(13-18)15-29(2)26(32)24(14-25(30)31)28-27(33)35-16-23-21-10-6-4-8-19(21)20-9-5-7-11-22(20)23/h4-11,17-18,23-24H,3,12-16H2,1-2H3,(H,28,33)(H,30,31). The van der Waals surface area contributed by atoms with E-state index >= 15 is 0 Å². The predicted molar refractivity (Wildman–Crippen MR) is 130 cm³/mol. The van der Waals surface area contributed by atoms with Crippen LogP contribution in [-0.2, 0) is 19.1 Å². The zero-order valence-corrected chi connectivity index (χ0v) is 20.1. The normalized spacial score (nSPS) is 19.1. The second kappa shape index (κ2) is 10.9. The van der Waals surface area contributed by atoms with E-state index < -0.39 is 30.4 Å². The molecule has 0 aromatic heterocycles. The average molecular weight is 481 g/mol. The Morgan fingerprint density at radius 2 is 1.66 bits per heavy atom. The number of nitrogens with one attached hydrogen (secondary N) is 1. The molecule has 2 amide bonds. The van der Waals surface area contributed by atoms with Gasteiger partial charge < -0.3 is 24.8 Å². The molecule has 8 heteroatoms. The van der Waals surface area contributed by atoms with Gasteiger partial charge in [0, 0.05) is 26.1 Å². The number of hydrogen-bond acceptors (Lipinski definition) is 5. The number of rotatable bonds is 10. The number of carbonyl (C=O) groups excluding carboxylic acids is 2. The summed E-state index contributed by atoms with van der Waals surface area (Å²) in [6, 6.07) is 14.8. The van der Waals surface area contributed by atoms with Gasteiger partial charge in [0.05, 0.1) is 12.5 Å². The molecule has 2 aromatic carbocycles. The second-order valence-electron chi connectivity index (χ2n) is 9.25. The highest BCUT2D eigenvalue weighted by Gasteiger charge is 2.34. The highest BCUT2D eigenvalue weighted by Crippen LogP contribution is 2.44. The van der Waals surface area contributed by atoms with Crippen LogP contribution in [0.4, 0.5) is 4.79 Å². The highest BCUT2D eigenvalue weighted by molar-refractivity contribution is 5.89. The van der Waals surface area contributed by atoms with E-state index in [2.05, 4.69) is 5.32 Å². The van der Waals surface area contributed by atoms with Crippen molar-refractivity contribution >= 4 is 18.0 Å². The van der Waals surface area contributed by atoms with Crippen molar-refractivity contribution in [3.63, 3.8) is 0 Å². The van der Waals surface area contributed by atoms with Gasteiger partial charge in [0.2, 0.25) is 5.91 Å². The molecule has 0 heterocycles. The maximum Gasteiger partial charge on any atom is 0.407 e. The first kappa shape index (κ1) is 24.7. The largest absolute Gasteiger partial charge is 0.481 e. The Balaban J connectivity index is 1.35. The third-order valence-electron chi connectivity index (χ3n) is 6.82. The minimum Gasteiger partial charge on any atom is -0.481 e. The third kappa shape index (κ3) is 5.65. The van der Waals surface area contributed by atoms with Gasteiger partial charge in [-0.15, -0.1) is 0 Å². The van der Waals surface area contributed by atoms with Crippen LogP contribution in [0.3, 0.4) is 0 Å². The molecule has 1 fully saturated rings. The maximum atomic E-state index is 12.9. The number of ether oxygens (including phenoxy) is 2. The molecule has 1 unspecified atom stereocenters. The van der Waals surface area contributed by atoms with Crippen molar-refractivity contribution in [1.29, 1.82) is 0 Å². The van der Waals surface area contributed by atoms with Crippen LogP contribution in [0, 0.1) is 5.92 Å². The average Bonchev–Trinajstić information content (AvgIpc) is 3.14. The Morgan fingerprint density at radius 3 is 2.23 bits per heavy atom. The molecule has 2 aliphatic rings. The molecule has 0 bridgehead atoms. The summed E-state index contributed by atoms with van der Waals surface area (Å²) < 4.78 is 11.1. The van der Waals surface area contributed by atoms with Crippen molar-refractivity contribution in [1.82, 2.24) is 10.2 Å². The smallest absolute Gasteiger partial charge is 0.407 e. The van der Waals surface area contributed by atoms with Gasteiger partial charge in [0.25, 0.3) is 0 Å². The van der Waals surface area contributed by atoms with E-state index in [0.717, 1.165) is 35.1 Å². The summed E-state index contributed by atoms with van der Waals surface area (Å²) >= 11 is 0. The fraction of sp³-hybridized carbons (Fsp3) is 0.444. The first-order chi connectivity index (χ1) is 16.9.